The number of hydrogen-bond acceptors (Lipinski definition) is 5. The first kappa shape index (κ1) is 13.4. The smallest absolute Gasteiger partial charge is 0.222 e. The molecule has 0 aliphatic rings. The molecule has 21 heavy (non-hydrogen) atoms. The Bertz CT molecular complexity index is 707. The zero-order valence-electron chi connectivity index (χ0n) is 11.7. The molecule has 108 valence electrons. The van der Waals surface area contributed by atoms with Crippen molar-refractivity contribution < 1.29 is 0 Å². The third-order valence-electron chi connectivity index (χ3n) is 3.32. The van der Waals surface area contributed by atoms with Gasteiger partial charge < -0.3 is 15.6 Å². The second-order valence-corrected chi connectivity index (χ2v) is 4.88. The molecule has 0 amide bonds. The highest BCUT2D eigenvalue weighted by atomic mass is 15.1. The molecule has 6 heteroatoms. The van der Waals surface area contributed by atoms with E-state index in [1.165, 1.54) is 0 Å². The number of nitrogens with two attached hydrogens (primary N) is 1. The molecule has 3 aromatic rings. The average Bonchev–Trinajstić information content (AvgIpc) is 3.00. The van der Waals surface area contributed by atoms with Crippen LogP contribution in [0.3, 0.4) is 0 Å². The topological polar surface area (TPSA) is 81.6 Å². The van der Waals surface area contributed by atoms with E-state index in [2.05, 4.69) is 24.8 Å². The Morgan fingerprint density at radius 2 is 2.05 bits per heavy atom. The number of nitrogens with one attached hydrogen (secondary N) is 1. The Balaban J connectivity index is 1.57. The Hall–Kier alpha value is -2.63. The van der Waals surface area contributed by atoms with Crippen molar-refractivity contribution in [1.82, 2.24) is 19.5 Å². The third-order valence-corrected chi connectivity index (χ3v) is 3.32. The van der Waals surface area contributed by atoms with E-state index in [1.807, 2.05) is 36.8 Å². The van der Waals surface area contributed by atoms with Crippen molar-refractivity contribution in [1.29, 1.82) is 0 Å². The van der Waals surface area contributed by atoms with Crippen molar-refractivity contribution in [3.8, 4) is 0 Å². The van der Waals surface area contributed by atoms with E-state index in [0.717, 1.165) is 42.7 Å². The Morgan fingerprint density at radius 3 is 2.90 bits per heavy atom. The maximum Gasteiger partial charge on any atom is 0.222 e. The number of nitrogen functional groups attached to an aromatic ring is 1. The number of benzene rings is 1. The predicted octanol–water partition coefficient (Wildman–Crippen LogP) is 2.30. The van der Waals surface area contributed by atoms with Gasteiger partial charge in [0.2, 0.25) is 5.95 Å². The van der Waals surface area contributed by atoms with Crippen molar-refractivity contribution in [2.75, 3.05) is 17.6 Å². The fourth-order valence-electron chi connectivity index (χ4n) is 2.27. The number of rotatable bonds is 6. The zero-order chi connectivity index (χ0) is 14.5. The van der Waals surface area contributed by atoms with E-state index in [9.17, 15) is 0 Å². The van der Waals surface area contributed by atoms with Gasteiger partial charge in [-0.05, 0) is 25.0 Å². The molecule has 2 heterocycles. The van der Waals surface area contributed by atoms with Crippen LogP contribution in [0.2, 0.25) is 0 Å². The minimum absolute atomic E-state index is 0.301. The van der Waals surface area contributed by atoms with Gasteiger partial charge in [-0.25, -0.2) is 9.97 Å². The molecule has 0 bridgehead atoms. The number of aryl methyl sites for hydroxylation is 1. The minimum atomic E-state index is 0.301. The molecule has 0 aliphatic carbocycles. The molecule has 0 spiro atoms. The molecular formula is C15H18N6. The monoisotopic (exact) mass is 282 g/mol. The van der Waals surface area contributed by atoms with Gasteiger partial charge >= 0.3 is 0 Å². The van der Waals surface area contributed by atoms with Crippen molar-refractivity contribution in [2.45, 2.75) is 19.4 Å². The van der Waals surface area contributed by atoms with Crippen LogP contribution in [0.25, 0.3) is 10.9 Å². The van der Waals surface area contributed by atoms with Crippen LogP contribution in [0.15, 0.2) is 43.0 Å². The first-order valence-corrected chi connectivity index (χ1v) is 7.05. The lowest BCUT2D eigenvalue weighted by Gasteiger charge is -2.09. The standard InChI is InChI=1S/C15H18N6/c16-15-19-13-6-2-1-5-12(13)14(20-15)18-7-3-4-9-21-10-8-17-11-21/h1-2,5-6,8,10-11H,3-4,7,9H2,(H3,16,18,19,20). The first-order valence-electron chi connectivity index (χ1n) is 7.05. The number of aromatic nitrogens is 4. The minimum Gasteiger partial charge on any atom is -0.369 e. The van der Waals surface area contributed by atoms with Crippen molar-refractivity contribution in [3.05, 3.63) is 43.0 Å². The zero-order valence-corrected chi connectivity index (χ0v) is 11.7. The van der Waals surface area contributed by atoms with Crippen LogP contribution in [0.4, 0.5) is 11.8 Å². The number of para-hydroxylation sites is 1. The fourth-order valence-corrected chi connectivity index (χ4v) is 2.27. The lowest BCUT2D eigenvalue weighted by molar-refractivity contribution is 0.621. The lowest BCUT2D eigenvalue weighted by Crippen LogP contribution is -2.07. The van der Waals surface area contributed by atoms with Crippen molar-refractivity contribution in [3.63, 3.8) is 0 Å². The van der Waals surface area contributed by atoms with Crippen LogP contribution in [-0.2, 0) is 6.54 Å². The van der Waals surface area contributed by atoms with E-state index in [0.29, 0.717) is 5.95 Å². The summed E-state index contributed by atoms with van der Waals surface area (Å²) in [6.45, 7) is 1.84. The fraction of sp³-hybridized carbons (Fsp3) is 0.267. The summed E-state index contributed by atoms with van der Waals surface area (Å²) in [5.74, 6) is 1.11. The maximum atomic E-state index is 5.75. The number of anilines is 2. The number of fused-ring (bicyclic) bond motifs is 1. The Morgan fingerprint density at radius 1 is 1.14 bits per heavy atom. The van der Waals surface area contributed by atoms with Gasteiger partial charge in [0.25, 0.3) is 0 Å². The summed E-state index contributed by atoms with van der Waals surface area (Å²) in [6.07, 6.45) is 7.75. The van der Waals surface area contributed by atoms with Gasteiger partial charge in [-0.3, -0.25) is 0 Å². The summed E-state index contributed by atoms with van der Waals surface area (Å²) in [4.78, 5) is 12.5. The Labute approximate surface area is 123 Å². The molecule has 6 nitrogen and oxygen atoms in total. The predicted molar refractivity (Wildman–Crippen MR) is 83.9 cm³/mol. The molecule has 1 aromatic carbocycles. The largest absolute Gasteiger partial charge is 0.369 e. The van der Waals surface area contributed by atoms with Gasteiger partial charge in [-0.2, -0.15) is 4.98 Å². The van der Waals surface area contributed by atoms with E-state index in [-0.39, 0.29) is 0 Å². The molecule has 0 saturated heterocycles. The van der Waals surface area contributed by atoms with E-state index >= 15 is 0 Å². The van der Waals surface area contributed by atoms with Crippen LogP contribution in [0.5, 0.6) is 0 Å². The number of imidazole rings is 1. The van der Waals surface area contributed by atoms with Crippen LogP contribution >= 0.6 is 0 Å². The van der Waals surface area contributed by atoms with Crippen molar-refractivity contribution in [2.24, 2.45) is 0 Å². The molecule has 0 fully saturated rings. The van der Waals surface area contributed by atoms with Crippen LogP contribution in [-0.4, -0.2) is 26.1 Å². The summed E-state index contributed by atoms with van der Waals surface area (Å²) < 4.78 is 2.08. The van der Waals surface area contributed by atoms with Crippen LogP contribution < -0.4 is 11.1 Å². The van der Waals surface area contributed by atoms with Gasteiger partial charge in [0.15, 0.2) is 0 Å². The number of hydrogen-bond donors (Lipinski definition) is 2. The molecule has 0 radical (unpaired) electrons. The van der Waals surface area contributed by atoms with Gasteiger partial charge in [0, 0.05) is 30.9 Å². The third kappa shape index (κ3) is 3.28. The van der Waals surface area contributed by atoms with Gasteiger partial charge in [-0.15, -0.1) is 0 Å². The second kappa shape index (κ2) is 6.21. The molecule has 3 rings (SSSR count). The Kier molecular flexibility index (Phi) is 3.95. The number of unbranched alkanes of at least 4 members (excludes halogenated alkanes) is 1. The van der Waals surface area contributed by atoms with E-state index in [1.54, 1.807) is 6.20 Å². The van der Waals surface area contributed by atoms with Crippen LogP contribution in [0.1, 0.15) is 12.8 Å². The molecule has 3 N–H and O–H groups in total. The average molecular weight is 282 g/mol. The normalized spacial score (nSPS) is 10.9. The van der Waals surface area contributed by atoms with E-state index in [4.69, 9.17) is 5.73 Å². The van der Waals surface area contributed by atoms with Gasteiger partial charge in [0.05, 0.1) is 11.8 Å². The quantitative estimate of drug-likeness (QED) is 0.678. The SMILES string of the molecule is Nc1nc(NCCCCn2ccnc2)c2ccccc2n1. The molecule has 0 aliphatic heterocycles. The second-order valence-electron chi connectivity index (χ2n) is 4.88. The van der Waals surface area contributed by atoms with Crippen molar-refractivity contribution >= 4 is 22.7 Å². The van der Waals surface area contributed by atoms with Crippen LogP contribution in [0, 0.1) is 0 Å². The first-order chi connectivity index (χ1) is 10.3. The summed E-state index contributed by atoms with van der Waals surface area (Å²) >= 11 is 0. The highest BCUT2D eigenvalue weighted by Gasteiger charge is 2.04. The maximum absolute atomic E-state index is 5.75. The van der Waals surface area contributed by atoms with E-state index < -0.39 is 0 Å². The molecule has 0 atom stereocenters. The summed E-state index contributed by atoms with van der Waals surface area (Å²) in [5, 5.41) is 4.35. The molecule has 2 aromatic heterocycles. The summed E-state index contributed by atoms with van der Waals surface area (Å²) in [6, 6.07) is 7.87. The molecule has 0 unspecified atom stereocenters. The highest BCUT2D eigenvalue weighted by molar-refractivity contribution is 5.89. The highest BCUT2D eigenvalue weighted by Crippen LogP contribution is 2.20. The molecule has 0 saturated carbocycles. The number of nitrogens with zero attached hydrogens (tertiary/aromatic N) is 4. The summed E-state index contributed by atoms with van der Waals surface area (Å²) in [7, 11) is 0. The lowest BCUT2D eigenvalue weighted by atomic mass is 10.2. The van der Waals surface area contributed by atoms with Gasteiger partial charge in [-0.1, -0.05) is 12.1 Å². The van der Waals surface area contributed by atoms with Gasteiger partial charge in [0.1, 0.15) is 5.82 Å². The molecular weight excluding hydrogens is 264 g/mol. The summed E-state index contributed by atoms with van der Waals surface area (Å²) in [5.41, 5.74) is 6.61.